The average Bonchev–Trinajstić information content (AvgIpc) is 3.01. The van der Waals surface area contributed by atoms with Crippen LogP contribution in [0.3, 0.4) is 0 Å². The number of rotatable bonds is 8. The van der Waals surface area contributed by atoms with Gasteiger partial charge in [0.1, 0.15) is 5.00 Å². The Kier molecular flexibility index (Phi) is 7.86. The molecule has 0 fully saturated rings. The molecule has 0 spiro atoms. The first-order valence-corrected chi connectivity index (χ1v) is 9.80. The van der Waals surface area contributed by atoms with Gasteiger partial charge in [-0.05, 0) is 31.5 Å². The van der Waals surface area contributed by atoms with Gasteiger partial charge in [0, 0.05) is 7.05 Å². The third-order valence-corrected chi connectivity index (χ3v) is 5.07. The maximum atomic E-state index is 12.5. The largest absolute Gasteiger partial charge is 0.573 e. The fourth-order valence-corrected chi connectivity index (χ4v) is 3.71. The van der Waals surface area contributed by atoms with Crippen LogP contribution in [0, 0.1) is 6.92 Å². The summed E-state index contributed by atoms with van der Waals surface area (Å²) in [5.74, 6) is -2.30. The lowest BCUT2D eigenvalue weighted by Gasteiger charge is -2.14. The zero-order valence-electron chi connectivity index (χ0n) is 16.8. The predicted octanol–water partition coefficient (Wildman–Crippen LogP) is 3.54. The second kappa shape index (κ2) is 10.2. The summed E-state index contributed by atoms with van der Waals surface area (Å²) in [4.78, 5) is 37.0. The van der Waals surface area contributed by atoms with Crippen molar-refractivity contribution < 1.29 is 37.0 Å². The molecule has 1 aromatic heterocycles. The molecule has 0 aliphatic carbocycles. The predicted molar refractivity (Wildman–Crippen MR) is 109 cm³/mol. The Bertz CT molecular complexity index is 975. The molecule has 0 radical (unpaired) electrons. The Balaban J connectivity index is 2.19. The number of hydrogen-bond acceptors (Lipinski definition) is 7. The first kappa shape index (κ1) is 24.0. The third-order valence-electron chi connectivity index (χ3n) is 3.86. The van der Waals surface area contributed by atoms with E-state index >= 15 is 0 Å². The molecular formula is C19H20F3N3O5S. The first-order valence-electron chi connectivity index (χ1n) is 8.98. The van der Waals surface area contributed by atoms with Crippen LogP contribution in [-0.2, 0) is 9.53 Å². The molecule has 1 heterocycles. The summed E-state index contributed by atoms with van der Waals surface area (Å²) in [6, 6.07) is 5.25. The molecule has 0 saturated carbocycles. The Morgan fingerprint density at radius 3 is 2.45 bits per heavy atom. The van der Waals surface area contributed by atoms with Gasteiger partial charge >= 0.3 is 12.3 Å². The smallest absolute Gasteiger partial charge is 0.462 e. The monoisotopic (exact) mass is 459 g/mol. The number of hydrogen-bond donors (Lipinski definition) is 3. The van der Waals surface area contributed by atoms with E-state index in [0.29, 0.717) is 5.56 Å². The molecule has 2 amide bonds. The fourth-order valence-electron chi connectivity index (χ4n) is 2.55. The minimum atomic E-state index is -4.89. The molecule has 12 heteroatoms. The Morgan fingerprint density at radius 1 is 1.16 bits per heavy atom. The van der Waals surface area contributed by atoms with Gasteiger partial charge in [0.2, 0.25) is 5.91 Å². The molecule has 3 N–H and O–H groups in total. The van der Waals surface area contributed by atoms with Gasteiger partial charge in [-0.2, -0.15) is 0 Å². The van der Waals surface area contributed by atoms with Gasteiger partial charge < -0.3 is 25.4 Å². The van der Waals surface area contributed by atoms with Crippen molar-refractivity contribution in [2.75, 3.05) is 30.8 Å². The SMILES string of the molecule is CCOC(=O)c1c(NC(=O)CNc2ccccc2OC(F)(F)F)sc(C(=O)NC)c1C. The first-order chi connectivity index (χ1) is 14.6. The number of carbonyl (C=O) groups excluding carboxylic acids is 3. The van der Waals surface area contributed by atoms with E-state index in [0.717, 1.165) is 17.4 Å². The molecule has 2 aromatic rings. The summed E-state index contributed by atoms with van der Waals surface area (Å²) < 4.78 is 46.5. The van der Waals surface area contributed by atoms with E-state index in [1.54, 1.807) is 13.8 Å². The molecule has 1 aromatic carbocycles. The maximum Gasteiger partial charge on any atom is 0.573 e. The van der Waals surface area contributed by atoms with E-state index < -0.39 is 36.4 Å². The van der Waals surface area contributed by atoms with E-state index in [1.807, 2.05) is 0 Å². The molecule has 0 saturated heterocycles. The molecule has 168 valence electrons. The molecule has 0 unspecified atom stereocenters. The second-order valence-corrected chi connectivity index (χ2v) is 7.03. The standard InChI is InChI=1S/C19H20F3N3O5S/c1-4-29-18(28)14-10(2)15(16(27)23-3)31-17(14)25-13(26)9-24-11-7-5-6-8-12(11)30-19(20,21)22/h5-8,24H,4,9H2,1-3H3,(H,23,27)(H,25,26). The van der Waals surface area contributed by atoms with Crippen LogP contribution in [0.4, 0.5) is 23.9 Å². The highest BCUT2D eigenvalue weighted by Crippen LogP contribution is 2.34. The number of carbonyl (C=O) groups is 3. The Labute approximate surface area is 179 Å². The molecule has 8 nitrogen and oxygen atoms in total. The van der Waals surface area contributed by atoms with E-state index in [1.165, 1.54) is 25.2 Å². The van der Waals surface area contributed by atoms with E-state index in [2.05, 4.69) is 20.7 Å². The van der Waals surface area contributed by atoms with Gasteiger partial charge in [-0.3, -0.25) is 9.59 Å². The van der Waals surface area contributed by atoms with E-state index in [4.69, 9.17) is 4.74 Å². The number of alkyl halides is 3. The Morgan fingerprint density at radius 2 is 1.84 bits per heavy atom. The lowest BCUT2D eigenvalue weighted by atomic mass is 10.1. The highest BCUT2D eigenvalue weighted by Gasteiger charge is 2.32. The van der Waals surface area contributed by atoms with Crippen LogP contribution in [0.5, 0.6) is 5.75 Å². The van der Waals surface area contributed by atoms with Crippen LogP contribution >= 0.6 is 11.3 Å². The van der Waals surface area contributed by atoms with Crippen molar-refractivity contribution in [3.05, 3.63) is 40.3 Å². The zero-order valence-corrected chi connectivity index (χ0v) is 17.6. The topological polar surface area (TPSA) is 106 Å². The van der Waals surface area contributed by atoms with Crippen LogP contribution < -0.4 is 20.7 Å². The van der Waals surface area contributed by atoms with Gasteiger partial charge in [0.05, 0.1) is 29.3 Å². The number of halogens is 3. The number of thiophene rings is 1. The summed E-state index contributed by atoms with van der Waals surface area (Å²) in [5.41, 5.74) is 0.337. The van der Waals surface area contributed by atoms with Crippen molar-refractivity contribution in [3.8, 4) is 5.75 Å². The van der Waals surface area contributed by atoms with Gasteiger partial charge in [0.25, 0.3) is 5.91 Å². The molecule has 0 bridgehead atoms. The van der Waals surface area contributed by atoms with E-state index in [9.17, 15) is 27.6 Å². The minimum Gasteiger partial charge on any atom is -0.462 e. The van der Waals surface area contributed by atoms with Crippen molar-refractivity contribution in [3.63, 3.8) is 0 Å². The third kappa shape index (κ3) is 6.35. The molecule has 31 heavy (non-hydrogen) atoms. The summed E-state index contributed by atoms with van der Waals surface area (Å²) >= 11 is 0.888. The number of esters is 1. The number of anilines is 2. The maximum absolute atomic E-state index is 12.5. The summed E-state index contributed by atoms with van der Waals surface area (Å²) in [6.45, 7) is 2.83. The molecule has 0 aliphatic heterocycles. The fraction of sp³-hybridized carbons (Fsp3) is 0.316. The zero-order chi connectivity index (χ0) is 23.2. The van der Waals surface area contributed by atoms with Crippen LogP contribution in [-0.4, -0.2) is 44.3 Å². The van der Waals surface area contributed by atoms with Crippen molar-refractivity contribution in [2.45, 2.75) is 20.2 Å². The summed E-state index contributed by atoms with van der Waals surface area (Å²) in [7, 11) is 1.42. The quantitative estimate of drug-likeness (QED) is 0.522. The number of para-hydroxylation sites is 2. The lowest BCUT2D eigenvalue weighted by molar-refractivity contribution is -0.274. The van der Waals surface area contributed by atoms with Gasteiger partial charge in [-0.25, -0.2) is 4.79 Å². The lowest BCUT2D eigenvalue weighted by Crippen LogP contribution is -2.23. The van der Waals surface area contributed by atoms with Gasteiger partial charge in [0.15, 0.2) is 5.75 Å². The van der Waals surface area contributed by atoms with Crippen LogP contribution in [0.25, 0.3) is 0 Å². The highest BCUT2D eigenvalue weighted by molar-refractivity contribution is 7.18. The van der Waals surface area contributed by atoms with Crippen molar-refractivity contribution in [1.29, 1.82) is 0 Å². The number of ether oxygens (including phenoxy) is 2. The summed E-state index contributed by atoms with van der Waals surface area (Å²) in [5, 5.41) is 7.60. The molecular weight excluding hydrogens is 439 g/mol. The molecule has 0 aliphatic rings. The highest BCUT2D eigenvalue weighted by atomic mass is 32.1. The average molecular weight is 459 g/mol. The van der Waals surface area contributed by atoms with Gasteiger partial charge in [-0.1, -0.05) is 12.1 Å². The Hall–Kier alpha value is -3.28. The van der Waals surface area contributed by atoms with Crippen molar-refractivity contribution >= 4 is 39.8 Å². The molecule has 2 rings (SSSR count). The second-order valence-electron chi connectivity index (χ2n) is 6.01. The van der Waals surface area contributed by atoms with E-state index in [-0.39, 0.29) is 27.7 Å². The molecule has 0 atom stereocenters. The minimum absolute atomic E-state index is 0.0413. The normalized spacial score (nSPS) is 10.9. The van der Waals surface area contributed by atoms with Gasteiger partial charge in [-0.15, -0.1) is 24.5 Å². The number of amides is 2. The number of benzene rings is 1. The van der Waals surface area contributed by atoms with Crippen LogP contribution in [0.2, 0.25) is 0 Å². The summed E-state index contributed by atoms with van der Waals surface area (Å²) in [6.07, 6.45) is -4.89. The van der Waals surface area contributed by atoms with Crippen molar-refractivity contribution in [1.82, 2.24) is 5.32 Å². The van der Waals surface area contributed by atoms with Crippen molar-refractivity contribution in [2.24, 2.45) is 0 Å². The van der Waals surface area contributed by atoms with Crippen LogP contribution in [0.1, 0.15) is 32.5 Å². The van der Waals surface area contributed by atoms with Crippen LogP contribution in [0.15, 0.2) is 24.3 Å². The number of nitrogens with one attached hydrogen (secondary N) is 3.